The summed E-state index contributed by atoms with van der Waals surface area (Å²) >= 11 is 0. The van der Waals surface area contributed by atoms with Crippen LogP contribution in [0.1, 0.15) is 64.7 Å². The molecule has 0 amide bonds. The van der Waals surface area contributed by atoms with Crippen LogP contribution in [0.5, 0.6) is 0 Å². The fraction of sp³-hybridized carbons (Fsp3) is 1.00. The summed E-state index contributed by atoms with van der Waals surface area (Å²) in [5.74, 6) is 0.922. The summed E-state index contributed by atoms with van der Waals surface area (Å²) in [4.78, 5) is 0. The minimum Gasteiger partial charge on any atom is -0.396 e. The van der Waals surface area contributed by atoms with E-state index in [9.17, 15) is 0 Å². The van der Waals surface area contributed by atoms with Crippen LogP contribution in [0.25, 0.3) is 0 Å². The molecule has 2 N–H and O–H groups in total. The van der Waals surface area contributed by atoms with Gasteiger partial charge in [0.05, 0.1) is 0 Å². The molecule has 0 saturated heterocycles. The molecular weight excluding hydrogens is 198 g/mol. The summed E-state index contributed by atoms with van der Waals surface area (Å²) in [5.41, 5.74) is 0. The van der Waals surface area contributed by atoms with Crippen LogP contribution in [0.4, 0.5) is 0 Å². The van der Waals surface area contributed by atoms with Crippen molar-refractivity contribution < 1.29 is 5.11 Å². The lowest BCUT2D eigenvalue weighted by molar-refractivity contribution is 0.275. The van der Waals surface area contributed by atoms with Crippen molar-refractivity contribution in [3.63, 3.8) is 0 Å². The Kier molecular flexibility index (Phi) is 7.87. The Balaban J connectivity index is 1.94. The van der Waals surface area contributed by atoms with Crippen molar-refractivity contribution in [1.29, 1.82) is 0 Å². The summed E-state index contributed by atoms with van der Waals surface area (Å²) in [6.07, 6.45) is 11.8. The zero-order valence-corrected chi connectivity index (χ0v) is 10.9. The number of hydrogen-bond acceptors (Lipinski definition) is 2. The lowest BCUT2D eigenvalue weighted by Gasteiger charge is -2.28. The summed E-state index contributed by atoms with van der Waals surface area (Å²) in [7, 11) is 0. The second-order valence-electron chi connectivity index (χ2n) is 5.28. The van der Waals surface area contributed by atoms with E-state index in [0.29, 0.717) is 12.6 Å². The fourth-order valence-corrected chi connectivity index (χ4v) is 2.72. The first-order valence-electron chi connectivity index (χ1n) is 7.19. The van der Waals surface area contributed by atoms with Crippen LogP contribution in [0.15, 0.2) is 0 Å². The van der Waals surface area contributed by atoms with Gasteiger partial charge < -0.3 is 10.4 Å². The molecule has 16 heavy (non-hydrogen) atoms. The minimum atomic E-state index is 0.353. The number of aliphatic hydroxyl groups is 1. The average molecular weight is 227 g/mol. The normalized spacial score (nSPS) is 19.9. The van der Waals surface area contributed by atoms with E-state index in [4.69, 9.17) is 5.11 Å². The molecule has 1 aliphatic carbocycles. The van der Waals surface area contributed by atoms with Crippen LogP contribution in [-0.4, -0.2) is 24.3 Å². The van der Waals surface area contributed by atoms with Crippen molar-refractivity contribution in [2.45, 2.75) is 70.8 Å². The highest BCUT2D eigenvalue weighted by Gasteiger charge is 2.18. The maximum absolute atomic E-state index is 8.67. The third-order valence-electron chi connectivity index (χ3n) is 3.91. The van der Waals surface area contributed by atoms with Gasteiger partial charge in [0.25, 0.3) is 0 Å². The molecule has 0 unspecified atom stereocenters. The monoisotopic (exact) mass is 227 g/mol. The smallest absolute Gasteiger partial charge is 0.0431 e. The van der Waals surface area contributed by atoms with Gasteiger partial charge in [0.2, 0.25) is 0 Å². The molecule has 0 heterocycles. The Hall–Kier alpha value is -0.0800. The largest absolute Gasteiger partial charge is 0.396 e. The molecule has 0 radical (unpaired) electrons. The van der Waals surface area contributed by atoms with Crippen molar-refractivity contribution in [3.05, 3.63) is 0 Å². The lowest BCUT2D eigenvalue weighted by Crippen LogP contribution is -2.35. The van der Waals surface area contributed by atoms with Crippen LogP contribution in [0.3, 0.4) is 0 Å². The molecule has 0 aromatic carbocycles. The number of nitrogens with one attached hydrogen (secondary N) is 1. The second kappa shape index (κ2) is 9.00. The third kappa shape index (κ3) is 5.86. The van der Waals surface area contributed by atoms with Gasteiger partial charge in [0.15, 0.2) is 0 Å². The first kappa shape index (κ1) is 14.0. The maximum Gasteiger partial charge on any atom is 0.0431 e. The van der Waals surface area contributed by atoms with Crippen LogP contribution in [-0.2, 0) is 0 Å². The van der Waals surface area contributed by atoms with E-state index in [2.05, 4.69) is 12.2 Å². The van der Waals surface area contributed by atoms with Crippen molar-refractivity contribution in [2.24, 2.45) is 5.92 Å². The Labute approximate surface area is 101 Å². The van der Waals surface area contributed by atoms with Gasteiger partial charge >= 0.3 is 0 Å². The van der Waals surface area contributed by atoms with Crippen molar-refractivity contribution >= 4 is 0 Å². The van der Waals surface area contributed by atoms with Gasteiger partial charge in [-0.3, -0.25) is 0 Å². The van der Waals surface area contributed by atoms with E-state index in [0.717, 1.165) is 18.9 Å². The topological polar surface area (TPSA) is 32.3 Å². The number of hydrogen-bond donors (Lipinski definition) is 2. The number of rotatable bonds is 8. The molecule has 1 fully saturated rings. The first-order valence-corrected chi connectivity index (χ1v) is 7.19. The van der Waals surface area contributed by atoms with Crippen LogP contribution in [0.2, 0.25) is 0 Å². The number of unbranched alkanes of at least 4 members (excludes halogenated alkanes) is 3. The van der Waals surface area contributed by atoms with Gasteiger partial charge in [-0.1, -0.05) is 32.1 Å². The lowest BCUT2D eigenvalue weighted by atomic mass is 9.84. The molecule has 0 bridgehead atoms. The molecule has 1 rings (SSSR count). The molecular formula is C14H29NO. The molecule has 1 aliphatic rings. The molecule has 0 aromatic heterocycles. The Morgan fingerprint density at radius 1 is 1.06 bits per heavy atom. The third-order valence-corrected chi connectivity index (χ3v) is 3.91. The zero-order valence-electron chi connectivity index (χ0n) is 10.9. The minimum absolute atomic E-state index is 0.353. The molecule has 0 spiro atoms. The van der Waals surface area contributed by atoms with E-state index < -0.39 is 0 Å². The molecule has 2 heteroatoms. The van der Waals surface area contributed by atoms with Gasteiger partial charge in [0.1, 0.15) is 0 Å². The molecule has 2 nitrogen and oxygen atoms in total. The fourth-order valence-electron chi connectivity index (χ4n) is 2.72. The molecule has 96 valence electrons. The summed E-state index contributed by atoms with van der Waals surface area (Å²) in [5, 5.41) is 12.3. The first-order chi connectivity index (χ1) is 7.84. The predicted octanol–water partition coefficient (Wildman–Crippen LogP) is 3.10. The van der Waals surface area contributed by atoms with Gasteiger partial charge in [-0.25, -0.2) is 0 Å². The van der Waals surface area contributed by atoms with Crippen molar-refractivity contribution in [2.75, 3.05) is 13.2 Å². The standard InChI is InChI=1S/C14H29NO/c1-13(14-9-5-4-6-10-14)15-11-7-2-3-8-12-16/h13-16H,2-12H2,1H3/t13-/m0/s1. The Morgan fingerprint density at radius 3 is 2.44 bits per heavy atom. The van der Waals surface area contributed by atoms with Crippen LogP contribution in [0, 0.1) is 5.92 Å². The van der Waals surface area contributed by atoms with E-state index in [1.54, 1.807) is 0 Å². The second-order valence-corrected chi connectivity index (χ2v) is 5.28. The number of aliphatic hydroxyl groups excluding tert-OH is 1. The molecule has 1 saturated carbocycles. The SMILES string of the molecule is C[C@H](NCCCCCCO)C1CCCCC1. The average Bonchev–Trinajstić information content (AvgIpc) is 2.34. The Bertz CT molecular complexity index is 155. The van der Waals surface area contributed by atoms with Crippen molar-refractivity contribution in [1.82, 2.24) is 5.32 Å². The predicted molar refractivity (Wildman–Crippen MR) is 69.6 cm³/mol. The summed E-state index contributed by atoms with van der Waals surface area (Å²) in [6, 6.07) is 0.707. The van der Waals surface area contributed by atoms with Gasteiger partial charge in [-0.2, -0.15) is 0 Å². The van der Waals surface area contributed by atoms with E-state index in [1.165, 1.54) is 51.4 Å². The highest BCUT2D eigenvalue weighted by Crippen LogP contribution is 2.26. The highest BCUT2D eigenvalue weighted by atomic mass is 16.2. The molecule has 0 aromatic rings. The van der Waals surface area contributed by atoms with Crippen LogP contribution >= 0.6 is 0 Å². The quantitative estimate of drug-likeness (QED) is 0.625. The van der Waals surface area contributed by atoms with Crippen molar-refractivity contribution in [3.8, 4) is 0 Å². The van der Waals surface area contributed by atoms with Gasteiger partial charge in [-0.15, -0.1) is 0 Å². The van der Waals surface area contributed by atoms with E-state index in [-0.39, 0.29) is 0 Å². The molecule has 0 aliphatic heterocycles. The van der Waals surface area contributed by atoms with E-state index >= 15 is 0 Å². The molecule has 1 atom stereocenters. The van der Waals surface area contributed by atoms with Gasteiger partial charge in [0, 0.05) is 12.6 Å². The zero-order chi connectivity index (χ0) is 11.6. The highest BCUT2D eigenvalue weighted by molar-refractivity contribution is 4.75. The Morgan fingerprint density at radius 2 is 1.75 bits per heavy atom. The van der Waals surface area contributed by atoms with Gasteiger partial charge in [-0.05, 0) is 45.1 Å². The summed E-state index contributed by atoms with van der Waals surface area (Å²) < 4.78 is 0. The van der Waals surface area contributed by atoms with Crippen LogP contribution < -0.4 is 5.32 Å². The summed E-state index contributed by atoms with van der Waals surface area (Å²) in [6.45, 7) is 3.86. The van der Waals surface area contributed by atoms with E-state index in [1.807, 2.05) is 0 Å². The maximum atomic E-state index is 8.67.